The first-order valence-corrected chi connectivity index (χ1v) is 8.68. The number of carbonyl (C=O) groups is 2. The summed E-state index contributed by atoms with van der Waals surface area (Å²) in [5.41, 5.74) is 1.66. The number of nitrogens with zero attached hydrogens (tertiary/aromatic N) is 1. The number of methoxy groups -OCH3 is 1. The lowest BCUT2D eigenvalue weighted by molar-refractivity contribution is -0.690. The number of carbonyl (C=O) groups excluding carboxylic acids is 2. The molecule has 6 heteroatoms. The van der Waals surface area contributed by atoms with Crippen LogP contribution in [-0.4, -0.2) is 31.6 Å². The van der Waals surface area contributed by atoms with Gasteiger partial charge in [0.2, 0.25) is 5.91 Å². The van der Waals surface area contributed by atoms with Crippen LogP contribution in [0.25, 0.3) is 0 Å². The molecule has 3 rings (SSSR count). The Balaban J connectivity index is 1.64. The Bertz CT molecular complexity index is 771. The summed E-state index contributed by atoms with van der Waals surface area (Å²) >= 11 is 0. The van der Waals surface area contributed by atoms with E-state index in [2.05, 4.69) is 0 Å². The molecule has 6 nitrogen and oxygen atoms in total. The highest BCUT2D eigenvalue weighted by Gasteiger charge is 2.42. The highest BCUT2D eigenvalue weighted by molar-refractivity contribution is 6.21. The van der Waals surface area contributed by atoms with Crippen LogP contribution in [0.15, 0.2) is 48.5 Å². The monoisotopic (exact) mass is 355 g/mol. The molecule has 1 heterocycles. The summed E-state index contributed by atoms with van der Waals surface area (Å²) in [7, 11) is 1.62. The van der Waals surface area contributed by atoms with Gasteiger partial charge in [0.25, 0.3) is 5.91 Å². The largest absolute Gasteiger partial charge is 0.497 e. The van der Waals surface area contributed by atoms with Crippen molar-refractivity contribution in [3.05, 3.63) is 54.1 Å². The SMILES string of the molecule is CCOc1ccc(N2C(=O)C[C@H]([NH2+]Cc3ccc(OC)cc3)C2=O)cc1. The molecule has 1 fully saturated rings. The summed E-state index contributed by atoms with van der Waals surface area (Å²) in [5.74, 6) is 1.17. The zero-order chi connectivity index (χ0) is 18.5. The molecule has 136 valence electrons. The molecule has 0 aliphatic carbocycles. The van der Waals surface area contributed by atoms with E-state index in [1.807, 2.05) is 36.5 Å². The Kier molecular flexibility index (Phi) is 5.53. The number of hydrogen-bond donors (Lipinski definition) is 1. The highest BCUT2D eigenvalue weighted by atomic mass is 16.5. The van der Waals surface area contributed by atoms with Crippen molar-refractivity contribution in [2.24, 2.45) is 0 Å². The van der Waals surface area contributed by atoms with Crippen LogP contribution in [0.5, 0.6) is 11.5 Å². The third kappa shape index (κ3) is 3.86. The van der Waals surface area contributed by atoms with E-state index in [0.717, 1.165) is 17.1 Å². The molecule has 2 aromatic rings. The average Bonchev–Trinajstić information content (AvgIpc) is 2.95. The van der Waals surface area contributed by atoms with Crippen molar-refractivity contribution in [3.63, 3.8) is 0 Å². The molecular weight excluding hydrogens is 332 g/mol. The number of ether oxygens (including phenoxy) is 2. The van der Waals surface area contributed by atoms with Crippen LogP contribution in [0.1, 0.15) is 18.9 Å². The van der Waals surface area contributed by atoms with Crippen LogP contribution in [0, 0.1) is 0 Å². The minimum absolute atomic E-state index is 0.171. The van der Waals surface area contributed by atoms with Gasteiger partial charge in [-0.05, 0) is 55.5 Å². The van der Waals surface area contributed by atoms with Gasteiger partial charge in [0, 0.05) is 5.56 Å². The van der Waals surface area contributed by atoms with Gasteiger partial charge in [0.15, 0.2) is 6.04 Å². The summed E-state index contributed by atoms with van der Waals surface area (Å²) in [6, 6.07) is 14.3. The maximum Gasteiger partial charge on any atom is 0.292 e. The zero-order valence-corrected chi connectivity index (χ0v) is 15.0. The number of amides is 2. The number of anilines is 1. The maximum atomic E-state index is 12.7. The third-order valence-corrected chi connectivity index (χ3v) is 4.38. The molecule has 1 aliphatic rings. The third-order valence-electron chi connectivity index (χ3n) is 4.38. The smallest absolute Gasteiger partial charge is 0.292 e. The number of imide groups is 1. The van der Waals surface area contributed by atoms with Crippen LogP contribution in [0.2, 0.25) is 0 Å². The van der Waals surface area contributed by atoms with Crippen LogP contribution in [0.4, 0.5) is 5.69 Å². The summed E-state index contributed by atoms with van der Waals surface area (Å²) < 4.78 is 10.5. The topological polar surface area (TPSA) is 72.4 Å². The van der Waals surface area contributed by atoms with E-state index < -0.39 is 6.04 Å². The number of benzene rings is 2. The summed E-state index contributed by atoms with van der Waals surface area (Å²) in [6.07, 6.45) is 0.211. The van der Waals surface area contributed by atoms with Crippen LogP contribution in [-0.2, 0) is 16.1 Å². The first kappa shape index (κ1) is 17.9. The molecule has 1 aliphatic heterocycles. The molecule has 0 unspecified atom stereocenters. The minimum Gasteiger partial charge on any atom is -0.497 e. The zero-order valence-electron chi connectivity index (χ0n) is 15.0. The highest BCUT2D eigenvalue weighted by Crippen LogP contribution is 2.24. The van der Waals surface area contributed by atoms with Gasteiger partial charge in [-0.3, -0.25) is 9.59 Å². The Morgan fingerprint density at radius 3 is 2.31 bits per heavy atom. The molecule has 1 saturated heterocycles. The van der Waals surface area contributed by atoms with Crippen molar-refractivity contribution in [2.75, 3.05) is 18.6 Å². The fourth-order valence-corrected chi connectivity index (χ4v) is 3.01. The fourth-order valence-electron chi connectivity index (χ4n) is 3.01. The second-order valence-electron chi connectivity index (χ2n) is 6.09. The van der Waals surface area contributed by atoms with E-state index in [-0.39, 0.29) is 18.2 Å². The quantitative estimate of drug-likeness (QED) is 0.764. The Morgan fingerprint density at radius 2 is 1.69 bits per heavy atom. The normalized spacial score (nSPS) is 16.8. The number of quaternary nitrogens is 1. The summed E-state index contributed by atoms with van der Waals surface area (Å²) in [6.45, 7) is 3.11. The molecule has 2 aromatic carbocycles. The second-order valence-corrected chi connectivity index (χ2v) is 6.09. The lowest BCUT2D eigenvalue weighted by Gasteiger charge is -2.15. The van der Waals surface area contributed by atoms with Crippen molar-refractivity contribution < 1.29 is 24.4 Å². The molecule has 1 atom stereocenters. The van der Waals surface area contributed by atoms with E-state index in [0.29, 0.717) is 18.8 Å². The van der Waals surface area contributed by atoms with Crippen LogP contribution >= 0.6 is 0 Å². The standard InChI is InChI=1S/C20H22N2O4/c1-3-26-17-10-6-15(7-11-17)22-19(23)12-18(20(22)24)21-13-14-4-8-16(25-2)9-5-14/h4-11,18,21H,3,12-13H2,1-2H3/p+1/t18-/m0/s1. The van der Waals surface area contributed by atoms with Crippen molar-refractivity contribution in [1.82, 2.24) is 0 Å². The van der Waals surface area contributed by atoms with E-state index in [1.54, 1.807) is 31.4 Å². The molecule has 0 radical (unpaired) electrons. The number of nitrogens with two attached hydrogens (primary N) is 1. The minimum atomic E-state index is -0.392. The van der Waals surface area contributed by atoms with Crippen LogP contribution in [0.3, 0.4) is 0 Å². The molecule has 2 N–H and O–H groups in total. The molecule has 2 amide bonds. The van der Waals surface area contributed by atoms with E-state index >= 15 is 0 Å². The van der Waals surface area contributed by atoms with Crippen LogP contribution < -0.4 is 19.7 Å². The average molecular weight is 355 g/mol. The number of rotatable bonds is 7. The van der Waals surface area contributed by atoms with Crippen molar-refractivity contribution >= 4 is 17.5 Å². The van der Waals surface area contributed by atoms with E-state index in [4.69, 9.17) is 9.47 Å². The summed E-state index contributed by atoms with van der Waals surface area (Å²) in [5, 5.41) is 1.91. The Morgan fingerprint density at radius 1 is 1.04 bits per heavy atom. The maximum absolute atomic E-state index is 12.7. The van der Waals surface area contributed by atoms with Gasteiger partial charge in [-0.15, -0.1) is 0 Å². The van der Waals surface area contributed by atoms with E-state index in [9.17, 15) is 9.59 Å². The lowest BCUT2D eigenvalue weighted by Crippen LogP contribution is -2.90. The van der Waals surface area contributed by atoms with Gasteiger partial charge in [-0.1, -0.05) is 0 Å². The van der Waals surface area contributed by atoms with Gasteiger partial charge in [-0.25, -0.2) is 4.90 Å². The first-order chi connectivity index (χ1) is 12.6. The molecule has 0 bridgehead atoms. The number of hydrogen-bond acceptors (Lipinski definition) is 4. The van der Waals surface area contributed by atoms with E-state index in [1.165, 1.54) is 4.90 Å². The molecular formula is C20H23N2O4+. The predicted octanol–water partition coefficient (Wildman–Crippen LogP) is 1.49. The van der Waals surface area contributed by atoms with Gasteiger partial charge < -0.3 is 14.8 Å². The Hall–Kier alpha value is -2.86. The van der Waals surface area contributed by atoms with Crippen molar-refractivity contribution in [3.8, 4) is 11.5 Å². The molecule has 0 spiro atoms. The predicted molar refractivity (Wildman–Crippen MR) is 97.1 cm³/mol. The van der Waals surface area contributed by atoms with Gasteiger partial charge in [0.05, 0.1) is 25.8 Å². The van der Waals surface area contributed by atoms with Gasteiger partial charge >= 0.3 is 0 Å². The summed E-state index contributed by atoms with van der Waals surface area (Å²) in [4.78, 5) is 26.3. The molecule has 0 aromatic heterocycles. The lowest BCUT2D eigenvalue weighted by atomic mass is 10.2. The Labute approximate surface area is 152 Å². The second kappa shape index (κ2) is 8.01. The fraction of sp³-hybridized carbons (Fsp3) is 0.300. The van der Waals surface area contributed by atoms with Crippen molar-refractivity contribution in [1.29, 1.82) is 0 Å². The van der Waals surface area contributed by atoms with Gasteiger partial charge in [0.1, 0.15) is 18.0 Å². The molecule has 0 saturated carbocycles. The first-order valence-electron chi connectivity index (χ1n) is 8.68. The molecule has 26 heavy (non-hydrogen) atoms. The van der Waals surface area contributed by atoms with Gasteiger partial charge in [-0.2, -0.15) is 0 Å². The van der Waals surface area contributed by atoms with Crippen molar-refractivity contribution in [2.45, 2.75) is 25.9 Å².